The minimum absolute atomic E-state index is 0.321. The van der Waals surface area contributed by atoms with Crippen LogP contribution in [0.3, 0.4) is 0 Å². The summed E-state index contributed by atoms with van der Waals surface area (Å²) < 4.78 is 4.65. The van der Waals surface area contributed by atoms with Crippen LogP contribution in [0.2, 0.25) is 0 Å². The van der Waals surface area contributed by atoms with E-state index >= 15 is 0 Å². The molecule has 0 aliphatic carbocycles. The van der Waals surface area contributed by atoms with Gasteiger partial charge in [0.1, 0.15) is 15.7 Å². The van der Waals surface area contributed by atoms with Crippen molar-refractivity contribution >= 4 is 28.6 Å². The zero-order chi connectivity index (χ0) is 13.9. The third-order valence-electron chi connectivity index (χ3n) is 2.64. The molecule has 1 aromatic carbocycles. The van der Waals surface area contributed by atoms with E-state index in [1.165, 1.54) is 18.4 Å². The summed E-state index contributed by atoms with van der Waals surface area (Å²) in [6.07, 6.45) is 0. The number of methoxy groups -OCH3 is 1. The molecule has 4 nitrogen and oxygen atoms in total. The highest BCUT2D eigenvalue weighted by molar-refractivity contribution is 7.15. The van der Waals surface area contributed by atoms with E-state index in [1.807, 2.05) is 35.7 Å². The van der Waals surface area contributed by atoms with Gasteiger partial charge in [-0.25, -0.2) is 14.8 Å². The Labute approximate surface area is 123 Å². The standard InChI is InChI=1S/C14H10N2O2S2/c1-18-14(17)11-8-20-13(16-11)10-7-19-12(15-10)9-5-3-2-4-6-9/h2-8H,1H3. The first-order chi connectivity index (χ1) is 9.78. The second kappa shape index (κ2) is 5.52. The SMILES string of the molecule is COC(=O)c1csc(-c2csc(-c3ccccc3)n2)n1. The van der Waals surface area contributed by atoms with Gasteiger partial charge >= 0.3 is 5.97 Å². The largest absolute Gasteiger partial charge is 0.464 e. The number of thiazole rings is 2. The Bertz CT molecular complexity index is 734. The predicted octanol–water partition coefficient (Wildman–Crippen LogP) is 3.72. The van der Waals surface area contributed by atoms with Gasteiger partial charge in [-0.1, -0.05) is 30.3 Å². The second-order valence-corrected chi connectivity index (χ2v) is 5.65. The molecule has 0 saturated heterocycles. The smallest absolute Gasteiger partial charge is 0.357 e. The maximum atomic E-state index is 11.4. The normalized spacial score (nSPS) is 10.4. The van der Waals surface area contributed by atoms with Gasteiger partial charge in [0, 0.05) is 16.3 Å². The van der Waals surface area contributed by atoms with E-state index < -0.39 is 5.97 Å². The lowest BCUT2D eigenvalue weighted by molar-refractivity contribution is 0.0595. The fraction of sp³-hybridized carbons (Fsp3) is 0.0714. The molecule has 2 heterocycles. The summed E-state index contributed by atoms with van der Waals surface area (Å²) >= 11 is 2.95. The lowest BCUT2D eigenvalue weighted by Crippen LogP contribution is -2.00. The van der Waals surface area contributed by atoms with Gasteiger partial charge in [-0.15, -0.1) is 22.7 Å². The van der Waals surface area contributed by atoms with Gasteiger partial charge in [0.25, 0.3) is 0 Å². The number of carbonyl (C=O) groups is 1. The minimum Gasteiger partial charge on any atom is -0.464 e. The van der Waals surface area contributed by atoms with Crippen molar-refractivity contribution in [2.75, 3.05) is 7.11 Å². The molecule has 3 rings (SSSR count). The van der Waals surface area contributed by atoms with Crippen LogP contribution in [0, 0.1) is 0 Å². The number of nitrogens with zero attached hydrogens (tertiary/aromatic N) is 2. The number of hydrogen-bond donors (Lipinski definition) is 0. The van der Waals surface area contributed by atoms with Crippen LogP contribution in [0.4, 0.5) is 0 Å². The van der Waals surface area contributed by atoms with Crippen molar-refractivity contribution in [3.63, 3.8) is 0 Å². The molecule has 2 aromatic heterocycles. The maximum Gasteiger partial charge on any atom is 0.357 e. The third kappa shape index (κ3) is 2.48. The zero-order valence-electron chi connectivity index (χ0n) is 10.6. The summed E-state index contributed by atoms with van der Waals surface area (Å²) in [4.78, 5) is 20.2. The summed E-state index contributed by atoms with van der Waals surface area (Å²) in [6, 6.07) is 9.97. The third-order valence-corrected chi connectivity index (χ3v) is 4.40. The molecular formula is C14H10N2O2S2. The number of hydrogen-bond acceptors (Lipinski definition) is 6. The molecule has 0 fully saturated rings. The fourth-order valence-electron chi connectivity index (χ4n) is 1.67. The van der Waals surface area contributed by atoms with Crippen LogP contribution in [-0.4, -0.2) is 23.0 Å². The molecule has 0 spiro atoms. The molecule has 0 atom stereocenters. The molecule has 0 aliphatic heterocycles. The van der Waals surface area contributed by atoms with Crippen molar-refractivity contribution in [3.05, 3.63) is 46.8 Å². The van der Waals surface area contributed by atoms with Crippen LogP contribution in [0.15, 0.2) is 41.1 Å². The summed E-state index contributed by atoms with van der Waals surface area (Å²) in [5, 5.41) is 5.30. The van der Waals surface area contributed by atoms with E-state index in [0.717, 1.165) is 21.3 Å². The van der Waals surface area contributed by atoms with E-state index in [9.17, 15) is 4.79 Å². The van der Waals surface area contributed by atoms with Gasteiger partial charge in [0.15, 0.2) is 5.69 Å². The van der Waals surface area contributed by atoms with E-state index in [1.54, 1.807) is 16.7 Å². The lowest BCUT2D eigenvalue weighted by Gasteiger charge is -1.93. The zero-order valence-corrected chi connectivity index (χ0v) is 12.2. The summed E-state index contributed by atoms with van der Waals surface area (Å²) in [7, 11) is 1.34. The van der Waals surface area contributed by atoms with Crippen LogP contribution in [0.5, 0.6) is 0 Å². The van der Waals surface area contributed by atoms with E-state index in [-0.39, 0.29) is 0 Å². The molecule has 100 valence electrons. The van der Waals surface area contributed by atoms with Crippen LogP contribution in [0.25, 0.3) is 21.3 Å². The topological polar surface area (TPSA) is 52.1 Å². The number of benzene rings is 1. The molecule has 0 aliphatic rings. The molecule has 6 heteroatoms. The van der Waals surface area contributed by atoms with Crippen LogP contribution < -0.4 is 0 Å². The molecule has 0 saturated carbocycles. The number of carbonyl (C=O) groups excluding carboxylic acids is 1. The van der Waals surface area contributed by atoms with Gasteiger partial charge in [-0.3, -0.25) is 0 Å². The molecule has 0 N–H and O–H groups in total. The lowest BCUT2D eigenvalue weighted by atomic mass is 10.2. The van der Waals surface area contributed by atoms with E-state index in [2.05, 4.69) is 14.7 Å². The number of aromatic nitrogens is 2. The maximum absolute atomic E-state index is 11.4. The first kappa shape index (κ1) is 13.0. The van der Waals surface area contributed by atoms with Crippen molar-refractivity contribution in [2.45, 2.75) is 0 Å². The van der Waals surface area contributed by atoms with Crippen molar-refractivity contribution < 1.29 is 9.53 Å². The van der Waals surface area contributed by atoms with Gasteiger partial charge in [0.2, 0.25) is 0 Å². The van der Waals surface area contributed by atoms with Crippen molar-refractivity contribution in [2.24, 2.45) is 0 Å². The van der Waals surface area contributed by atoms with Crippen LogP contribution in [0.1, 0.15) is 10.5 Å². The Morgan fingerprint density at radius 2 is 1.80 bits per heavy atom. The highest BCUT2D eigenvalue weighted by Gasteiger charge is 2.14. The van der Waals surface area contributed by atoms with Gasteiger partial charge in [-0.2, -0.15) is 0 Å². The Morgan fingerprint density at radius 1 is 1.05 bits per heavy atom. The average Bonchev–Trinajstić information content (AvgIpc) is 3.16. The molecule has 0 unspecified atom stereocenters. The molecule has 3 aromatic rings. The van der Waals surface area contributed by atoms with Gasteiger partial charge in [-0.05, 0) is 0 Å². The number of rotatable bonds is 3. The van der Waals surface area contributed by atoms with Crippen molar-refractivity contribution in [1.82, 2.24) is 9.97 Å². The van der Waals surface area contributed by atoms with Gasteiger partial charge in [0.05, 0.1) is 7.11 Å². The number of esters is 1. The fourth-order valence-corrected chi connectivity index (χ4v) is 3.31. The van der Waals surface area contributed by atoms with E-state index in [4.69, 9.17) is 0 Å². The Hall–Kier alpha value is -2.05. The van der Waals surface area contributed by atoms with Gasteiger partial charge < -0.3 is 4.74 Å². The second-order valence-electron chi connectivity index (χ2n) is 3.93. The van der Waals surface area contributed by atoms with Crippen molar-refractivity contribution in [1.29, 1.82) is 0 Å². The van der Waals surface area contributed by atoms with E-state index in [0.29, 0.717) is 5.69 Å². The minimum atomic E-state index is -0.425. The molecular weight excluding hydrogens is 292 g/mol. The monoisotopic (exact) mass is 302 g/mol. The Morgan fingerprint density at radius 3 is 2.55 bits per heavy atom. The first-order valence-corrected chi connectivity index (χ1v) is 7.59. The summed E-state index contributed by atoms with van der Waals surface area (Å²) in [6.45, 7) is 0. The first-order valence-electron chi connectivity index (χ1n) is 5.83. The van der Waals surface area contributed by atoms with Crippen molar-refractivity contribution in [3.8, 4) is 21.3 Å². The summed E-state index contributed by atoms with van der Waals surface area (Å²) in [5.41, 5.74) is 2.18. The highest BCUT2D eigenvalue weighted by atomic mass is 32.1. The molecule has 20 heavy (non-hydrogen) atoms. The Balaban J connectivity index is 1.91. The molecule has 0 amide bonds. The average molecular weight is 302 g/mol. The van der Waals surface area contributed by atoms with Crippen LogP contribution in [-0.2, 0) is 4.74 Å². The number of ether oxygens (including phenoxy) is 1. The Kier molecular flexibility index (Phi) is 3.58. The highest BCUT2D eigenvalue weighted by Crippen LogP contribution is 2.30. The quantitative estimate of drug-likeness (QED) is 0.692. The predicted molar refractivity (Wildman–Crippen MR) is 80.0 cm³/mol. The van der Waals surface area contributed by atoms with Crippen LogP contribution >= 0.6 is 22.7 Å². The molecule has 0 bridgehead atoms. The molecule has 0 radical (unpaired) electrons. The summed E-state index contributed by atoms with van der Waals surface area (Å²) in [5.74, 6) is -0.425.